The highest BCUT2D eigenvalue weighted by atomic mass is 16.2. The van der Waals surface area contributed by atoms with Gasteiger partial charge in [0.2, 0.25) is 5.91 Å². The Balaban J connectivity index is 2.37. The molecule has 0 aliphatic rings. The van der Waals surface area contributed by atoms with Crippen LogP contribution in [0, 0.1) is 0 Å². The molecule has 0 radical (unpaired) electrons. The molecule has 2 rings (SSSR count). The summed E-state index contributed by atoms with van der Waals surface area (Å²) in [6.07, 6.45) is 0. The van der Waals surface area contributed by atoms with Crippen LogP contribution in [-0.2, 0) is 11.3 Å². The van der Waals surface area contributed by atoms with Crippen molar-refractivity contribution in [1.29, 1.82) is 0 Å². The number of rotatable bonds is 4. The normalized spacial score (nSPS) is 12.2. The molecule has 2 aromatic rings. The van der Waals surface area contributed by atoms with Crippen LogP contribution in [-0.4, -0.2) is 31.0 Å². The number of amides is 1. The number of pyridine rings is 1. The molecule has 106 valence electrons. The van der Waals surface area contributed by atoms with Crippen LogP contribution in [0.15, 0.2) is 30.3 Å². The lowest BCUT2D eigenvalue weighted by molar-refractivity contribution is -0.122. The topological polar surface area (TPSA) is 71.2 Å². The number of nitrogens with zero attached hydrogens (tertiary/aromatic N) is 2. The minimum atomic E-state index is -0.503. The fraction of sp³-hybridized carbons (Fsp3) is 0.333. The van der Waals surface area contributed by atoms with Gasteiger partial charge in [-0.3, -0.25) is 4.79 Å². The van der Waals surface area contributed by atoms with E-state index in [0.29, 0.717) is 6.54 Å². The summed E-state index contributed by atoms with van der Waals surface area (Å²) in [4.78, 5) is 18.1. The lowest BCUT2D eigenvalue weighted by Crippen LogP contribution is -2.37. The van der Waals surface area contributed by atoms with Gasteiger partial charge in [0.25, 0.3) is 0 Å². The van der Waals surface area contributed by atoms with Gasteiger partial charge in [0.05, 0.1) is 11.6 Å². The van der Waals surface area contributed by atoms with Crippen LogP contribution in [0.2, 0.25) is 0 Å². The zero-order valence-electron chi connectivity index (χ0n) is 12.1. The maximum absolute atomic E-state index is 11.6. The predicted molar refractivity (Wildman–Crippen MR) is 81.6 cm³/mol. The number of carbonyl (C=O) groups is 1. The number of carbonyl (C=O) groups excluding carboxylic acids is 1. The van der Waals surface area contributed by atoms with Crippen LogP contribution in [0.1, 0.15) is 12.5 Å². The third kappa shape index (κ3) is 3.05. The van der Waals surface area contributed by atoms with E-state index in [0.717, 1.165) is 22.3 Å². The number of hydrogen-bond acceptors (Lipinski definition) is 4. The van der Waals surface area contributed by atoms with Crippen LogP contribution in [0.3, 0.4) is 0 Å². The minimum absolute atomic E-state index is 0.155. The second-order valence-corrected chi connectivity index (χ2v) is 5.06. The molecule has 3 N–H and O–H groups in total. The maximum Gasteiger partial charge on any atom is 0.236 e. The molecule has 1 aromatic heterocycles. The van der Waals surface area contributed by atoms with E-state index in [1.165, 1.54) is 0 Å². The van der Waals surface area contributed by atoms with Gasteiger partial charge in [0.1, 0.15) is 5.82 Å². The molecule has 0 saturated carbocycles. The number of benzene rings is 1. The van der Waals surface area contributed by atoms with Crippen molar-refractivity contribution in [1.82, 2.24) is 10.3 Å². The number of nitrogens with one attached hydrogen (secondary N) is 1. The summed E-state index contributed by atoms with van der Waals surface area (Å²) in [5.41, 5.74) is 7.51. The molecule has 20 heavy (non-hydrogen) atoms. The fourth-order valence-electron chi connectivity index (χ4n) is 1.95. The smallest absolute Gasteiger partial charge is 0.236 e. The van der Waals surface area contributed by atoms with Crippen LogP contribution >= 0.6 is 0 Å². The molecule has 0 aliphatic carbocycles. The number of fused-ring (bicyclic) bond motifs is 1. The van der Waals surface area contributed by atoms with Gasteiger partial charge in [-0.25, -0.2) is 4.98 Å². The summed E-state index contributed by atoms with van der Waals surface area (Å²) in [7, 11) is 3.89. The monoisotopic (exact) mass is 272 g/mol. The van der Waals surface area contributed by atoms with Crippen molar-refractivity contribution in [2.24, 2.45) is 5.73 Å². The Morgan fingerprint density at radius 2 is 2.10 bits per heavy atom. The van der Waals surface area contributed by atoms with Crippen molar-refractivity contribution in [3.63, 3.8) is 0 Å². The molecular weight excluding hydrogens is 252 g/mol. The van der Waals surface area contributed by atoms with Gasteiger partial charge in [-0.05, 0) is 24.6 Å². The summed E-state index contributed by atoms with van der Waals surface area (Å²) in [6.45, 7) is 2.12. The lowest BCUT2D eigenvalue weighted by atomic mass is 10.1. The zero-order chi connectivity index (χ0) is 14.7. The molecule has 0 fully saturated rings. The predicted octanol–water partition coefficient (Wildman–Crippen LogP) is 1.26. The largest absolute Gasteiger partial charge is 0.363 e. The highest BCUT2D eigenvalue weighted by Crippen LogP contribution is 2.21. The van der Waals surface area contributed by atoms with Crippen LogP contribution in [0.4, 0.5) is 5.82 Å². The minimum Gasteiger partial charge on any atom is -0.363 e. The zero-order valence-corrected chi connectivity index (χ0v) is 12.1. The van der Waals surface area contributed by atoms with Gasteiger partial charge in [-0.15, -0.1) is 0 Å². The van der Waals surface area contributed by atoms with Gasteiger partial charge in [-0.1, -0.05) is 18.2 Å². The Bertz CT molecular complexity index is 622. The van der Waals surface area contributed by atoms with Crippen molar-refractivity contribution in [2.75, 3.05) is 19.0 Å². The van der Waals surface area contributed by atoms with Gasteiger partial charge in [-0.2, -0.15) is 0 Å². The molecule has 1 heterocycles. The Morgan fingerprint density at radius 3 is 2.75 bits per heavy atom. The van der Waals surface area contributed by atoms with Gasteiger partial charge < -0.3 is 16.0 Å². The molecule has 1 amide bonds. The fourth-order valence-corrected chi connectivity index (χ4v) is 1.95. The molecule has 1 aromatic carbocycles. The first kappa shape index (κ1) is 14.3. The molecule has 0 bridgehead atoms. The van der Waals surface area contributed by atoms with Crippen molar-refractivity contribution in [3.05, 3.63) is 35.9 Å². The van der Waals surface area contributed by atoms with Crippen LogP contribution in [0.25, 0.3) is 10.9 Å². The summed E-state index contributed by atoms with van der Waals surface area (Å²) in [6, 6.07) is 9.39. The van der Waals surface area contributed by atoms with Crippen molar-refractivity contribution >= 4 is 22.6 Å². The average molecular weight is 272 g/mol. The van der Waals surface area contributed by atoms with Gasteiger partial charge in [0, 0.05) is 26.0 Å². The summed E-state index contributed by atoms with van der Waals surface area (Å²) < 4.78 is 0. The molecule has 5 heteroatoms. The Morgan fingerprint density at radius 1 is 1.40 bits per heavy atom. The molecule has 1 unspecified atom stereocenters. The third-order valence-corrected chi connectivity index (χ3v) is 3.11. The van der Waals surface area contributed by atoms with E-state index in [-0.39, 0.29) is 5.91 Å². The second kappa shape index (κ2) is 5.88. The van der Waals surface area contributed by atoms with Crippen LogP contribution < -0.4 is 16.0 Å². The first-order chi connectivity index (χ1) is 9.49. The Hall–Kier alpha value is -2.14. The highest BCUT2D eigenvalue weighted by Gasteiger charge is 2.10. The third-order valence-electron chi connectivity index (χ3n) is 3.11. The number of nitrogens with two attached hydrogens (primary N) is 1. The quantitative estimate of drug-likeness (QED) is 0.879. The highest BCUT2D eigenvalue weighted by molar-refractivity contribution is 5.85. The lowest BCUT2D eigenvalue weighted by Gasteiger charge is -2.16. The molecular formula is C15H20N4O. The Labute approximate surface area is 118 Å². The number of para-hydroxylation sites is 1. The van der Waals surface area contributed by atoms with E-state index in [4.69, 9.17) is 5.73 Å². The van der Waals surface area contributed by atoms with Gasteiger partial charge >= 0.3 is 0 Å². The standard InChI is InChI=1S/C15H20N4O/c1-10(16)15(20)17-9-11-8-14(19(2)3)18-13-7-5-4-6-12(11)13/h4-8,10H,9,16H2,1-3H3,(H,17,20). The van der Waals surface area contributed by atoms with E-state index in [2.05, 4.69) is 10.3 Å². The van der Waals surface area contributed by atoms with E-state index < -0.39 is 6.04 Å². The van der Waals surface area contributed by atoms with E-state index in [9.17, 15) is 4.79 Å². The maximum atomic E-state index is 11.6. The first-order valence-corrected chi connectivity index (χ1v) is 6.58. The van der Waals surface area contributed by atoms with Crippen molar-refractivity contribution in [2.45, 2.75) is 19.5 Å². The van der Waals surface area contributed by atoms with E-state index in [1.807, 2.05) is 49.3 Å². The first-order valence-electron chi connectivity index (χ1n) is 6.58. The number of anilines is 1. The van der Waals surface area contributed by atoms with E-state index >= 15 is 0 Å². The summed E-state index contributed by atoms with van der Waals surface area (Å²) in [5.74, 6) is 0.714. The summed E-state index contributed by atoms with van der Waals surface area (Å²) >= 11 is 0. The number of hydrogen-bond donors (Lipinski definition) is 2. The molecule has 0 saturated heterocycles. The second-order valence-electron chi connectivity index (χ2n) is 5.06. The average Bonchev–Trinajstić information content (AvgIpc) is 2.43. The number of aromatic nitrogens is 1. The summed E-state index contributed by atoms with van der Waals surface area (Å²) in [5, 5.41) is 3.89. The SMILES string of the molecule is CC(N)C(=O)NCc1cc(N(C)C)nc2ccccc12. The van der Waals surface area contributed by atoms with Crippen molar-refractivity contribution in [3.8, 4) is 0 Å². The molecule has 0 aliphatic heterocycles. The van der Waals surface area contributed by atoms with E-state index in [1.54, 1.807) is 6.92 Å². The molecule has 1 atom stereocenters. The van der Waals surface area contributed by atoms with Crippen molar-refractivity contribution < 1.29 is 4.79 Å². The molecule has 5 nitrogen and oxygen atoms in total. The van der Waals surface area contributed by atoms with Crippen LogP contribution in [0.5, 0.6) is 0 Å². The Kier molecular flexibility index (Phi) is 4.20. The van der Waals surface area contributed by atoms with Gasteiger partial charge in [0.15, 0.2) is 0 Å². The molecule has 0 spiro atoms.